The molecule has 0 radical (unpaired) electrons. The molecule has 1 aromatic carbocycles. The van der Waals surface area contributed by atoms with E-state index in [9.17, 15) is 18.0 Å². The Labute approximate surface area is 220 Å². The van der Waals surface area contributed by atoms with Crippen LogP contribution in [0.4, 0.5) is 23.1 Å². The van der Waals surface area contributed by atoms with E-state index in [-0.39, 0.29) is 42.9 Å². The Morgan fingerprint density at radius 2 is 1.95 bits per heavy atom. The van der Waals surface area contributed by atoms with Crippen LogP contribution in [0.3, 0.4) is 0 Å². The molecule has 12 nitrogen and oxygen atoms in total. The lowest BCUT2D eigenvalue weighted by Crippen LogP contribution is -2.48. The highest BCUT2D eigenvalue weighted by Crippen LogP contribution is 2.35. The monoisotopic (exact) mass is 551 g/mol. The predicted molar refractivity (Wildman–Crippen MR) is 141 cm³/mol. The van der Waals surface area contributed by atoms with Crippen LogP contribution in [-0.4, -0.2) is 67.1 Å². The molecule has 2 aromatic rings. The zero-order chi connectivity index (χ0) is 26.7. The summed E-state index contributed by atoms with van der Waals surface area (Å²) >= 11 is 6.37. The first-order chi connectivity index (χ1) is 17.5. The van der Waals surface area contributed by atoms with Crippen molar-refractivity contribution in [3.63, 3.8) is 0 Å². The van der Waals surface area contributed by atoms with Crippen LogP contribution in [0.25, 0.3) is 0 Å². The Bertz CT molecular complexity index is 1310. The average Bonchev–Trinajstić information content (AvgIpc) is 2.98. The molecule has 2 heterocycles. The maximum atomic E-state index is 12.3. The first-order valence-electron chi connectivity index (χ1n) is 11.8. The lowest BCUT2D eigenvalue weighted by molar-refractivity contribution is -0.133. The van der Waals surface area contributed by atoms with Crippen LogP contribution in [0.5, 0.6) is 5.75 Å². The number of carbonyl (C=O) groups is 2. The van der Waals surface area contributed by atoms with Gasteiger partial charge in [0.1, 0.15) is 17.3 Å². The third-order valence-corrected chi connectivity index (χ3v) is 7.29. The summed E-state index contributed by atoms with van der Waals surface area (Å²) in [6, 6.07) is 2.98. The Balaban J connectivity index is 1.59. The average molecular weight is 552 g/mol. The number of anilines is 4. The second-order valence-corrected chi connectivity index (χ2v) is 11.4. The molecule has 1 aliphatic carbocycles. The van der Waals surface area contributed by atoms with Gasteiger partial charge in [0, 0.05) is 31.2 Å². The van der Waals surface area contributed by atoms with E-state index in [0.29, 0.717) is 34.4 Å². The second kappa shape index (κ2) is 11.1. The lowest BCUT2D eigenvalue weighted by Gasteiger charge is -2.32. The molecule has 2 aliphatic rings. The number of aromatic nitrogens is 2. The number of carbonyl (C=O) groups excluding carboxylic acids is 2. The summed E-state index contributed by atoms with van der Waals surface area (Å²) in [5, 5.41) is 9.50. The molecular formula is C23H30ClN7O5S. The number of fused-ring (bicyclic) bond motifs is 1. The van der Waals surface area contributed by atoms with Crippen LogP contribution in [0, 0.1) is 0 Å². The molecule has 0 unspecified atom stereocenters. The van der Waals surface area contributed by atoms with Gasteiger partial charge in [-0.05, 0) is 30.5 Å². The van der Waals surface area contributed by atoms with E-state index in [2.05, 4.69) is 30.6 Å². The first kappa shape index (κ1) is 26.9. The standard InChI is InChI=1S/C23H30ClN7O5S/c1-13(32)31-11-14-8-20(36-2)19(9-18(14)26-21(33)12-31)28-23-25-10-15(24)22(29-23)27-16-6-4-5-7-17(16)30-37(3,34)35/h8-10,16-17,30H,4-7,11-12H2,1-3H3,(H,26,33)(H2,25,27,28,29)/t16-,17-/m1/s1. The number of sulfonamides is 1. The van der Waals surface area contributed by atoms with Crippen molar-refractivity contribution >= 4 is 56.6 Å². The number of benzene rings is 1. The number of hydrogen-bond donors (Lipinski definition) is 4. The number of amides is 2. The van der Waals surface area contributed by atoms with Gasteiger partial charge in [-0.15, -0.1) is 0 Å². The van der Waals surface area contributed by atoms with Crippen LogP contribution in [0.1, 0.15) is 38.2 Å². The minimum Gasteiger partial charge on any atom is -0.495 e. The Kier molecular flexibility index (Phi) is 8.05. The van der Waals surface area contributed by atoms with Crippen LogP contribution < -0.4 is 25.4 Å². The zero-order valence-corrected chi connectivity index (χ0v) is 22.4. The van der Waals surface area contributed by atoms with Gasteiger partial charge in [-0.1, -0.05) is 24.4 Å². The minimum atomic E-state index is -3.37. The van der Waals surface area contributed by atoms with Gasteiger partial charge >= 0.3 is 0 Å². The first-order valence-corrected chi connectivity index (χ1v) is 14.1. The molecular weight excluding hydrogens is 522 g/mol. The third-order valence-electron chi connectivity index (χ3n) is 6.28. The summed E-state index contributed by atoms with van der Waals surface area (Å²) in [7, 11) is -1.86. The summed E-state index contributed by atoms with van der Waals surface area (Å²) in [5.41, 5.74) is 1.77. The van der Waals surface area contributed by atoms with E-state index < -0.39 is 10.0 Å². The van der Waals surface area contributed by atoms with Crippen LogP contribution in [0.2, 0.25) is 5.02 Å². The number of nitrogens with one attached hydrogen (secondary N) is 4. The van der Waals surface area contributed by atoms with Crippen molar-refractivity contribution in [3.05, 3.63) is 28.9 Å². The fraction of sp³-hybridized carbons (Fsp3) is 0.478. The lowest BCUT2D eigenvalue weighted by atomic mass is 9.91. The van der Waals surface area contributed by atoms with Gasteiger partial charge in [-0.2, -0.15) is 4.98 Å². The third kappa shape index (κ3) is 6.79. The quantitative estimate of drug-likeness (QED) is 0.406. The van der Waals surface area contributed by atoms with Crippen LogP contribution in [-0.2, 0) is 26.2 Å². The molecule has 0 spiro atoms. The van der Waals surface area contributed by atoms with E-state index in [1.807, 2.05) is 0 Å². The highest BCUT2D eigenvalue weighted by Gasteiger charge is 2.28. The molecule has 2 atom stereocenters. The minimum absolute atomic E-state index is 0.0409. The van der Waals surface area contributed by atoms with Gasteiger partial charge in [0.2, 0.25) is 27.8 Å². The van der Waals surface area contributed by atoms with Crippen molar-refractivity contribution in [1.29, 1.82) is 0 Å². The number of ether oxygens (including phenoxy) is 1. The molecule has 0 bridgehead atoms. The van der Waals surface area contributed by atoms with Crippen molar-refractivity contribution in [2.45, 2.75) is 51.2 Å². The highest BCUT2D eigenvalue weighted by atomic mass is 35.5. The largest absolute Gasteiger partial charge is 0.495 e. The van der Waals surface area contributed by atoms with Crippen molar-refractivity contribution < 1.29 is 22.7 Å². The predicted octanol–water partition coefficient (Wildman–Crippen LogP) is 2.46. The molecule has 200 valence electrons. The van der Waals surface area contributed by atoms with E-state index >= 15 is 0 Å². The van der Waals surface area contributed by atoms with E-state index in [1.54, 1.807) is 12.1 Å². The number of rotatable bonds is 7. The summed E-state index contributed by atoms with van der Waals surface area (Å²) in [5.74, 6) is 0.551. The van der Waals surface area contributed by atoms with E-state index in [0.717, 1.165) is 31.1 Å². The molecule has 1 aromatic heterocycles. The molecule has 2 amide bonds. The van der Waals surface area contributed by atoms with Gasteiger partial charge in [-0.3, -0.25) is 9.59 Å². The van der Waals surface area contributed by atoms with E-state index in [1.165, 1.54) is 25.1 Å². The maximum Gasteiger partial charge on any atom is 0.244 e. The smallest absolute Gasteiger partial charge is 0.244 e. The number of methoxy groups -OCH3 is 1. The Morgan fingerprint density at radius 3 is 2.62 bits per heavy atom. The fourth-order valence-corrected chi connectivity index (χ4v) is 5.50. The normalized spacial score (nSPS) is 19.9. The zero-order valence-electron chi connectivity index (χ0n) is 20.8. The van der Waals surface area contributed by atoms with Crippen molar-refractivity contribution in [2.75, 3.05) is 35.9 Å². The molecule has 1 fully saturated rings. The van der Waals surface area contributed by atoms with Gasteiger partial charge in [0.25, 0.3) is 0 Å². The molecule has 1 saturated carbocycles. The van der Waals surface area contributed by atoms with Gasteiger partial charge < -0.3 is 25.6 Å². The summed E-state index contributed by atoms with van der Waals surface area (Å²) in [4.78, 5) is 34.4. The van der Waals surface area contributed by atoms with Gasteiger partial charge in [0.05, 0.1) is 25.2 Å². The Hall–Kier alpha value is -3.16. The number of hydrogen-bond acceptors (Lipinski definition) is 9. The number of nitrogens with zero attached hydrogens (tertiary/aromatic N) is 3. The van der Waals surface area contributed by atoms with Crippen molar-refractivity contribution in [2.24, 2.45) is 0 Å². The summed E-state index contributed by atoms with van der Waals surface area (Å²) < 4.78 is 31.9. The van der Waals surface area contributed by atoms with Crippen LogP contribution >= 0.6 is 11.6 Å². The van der Waals surface area contributed by atoms with Crippen LogP contribution in [0.15, 0.2) is 18.3 Å². The number of halogens is 1. The molecule has 14 heteroatoms. The van der Waals surface area contributed by atoms with E-state index in [4.69, 9.17) is 16.3 Å². The summed E-state index contributed by atoms with van der Waals surface area (Å²) in [6.45, 7) is 1.64. The van der Waals surface area contributed by atoms with Crippen molar-refractivity contribution in [3.8, 4) is 5.75 Å². The molecule has 4 rings (SSSR count). The van der Waals surface area contributed by atoms with Crippen molar-refractivity contribution in [1.82, 2.24) is 19.6 Å². The second-order valence-electron chi connectivity index (χ2n) is 9.18. The molecule has 1 aliphatic heterocycles. The Morgan fingerprint density at radius 1 is 1.22 bits per heavy atom. The SMILES string of the molecule is COc1cc2c(cc1Nc1ncc(Cl)c(N[C@@H]3CCCC[C@H]3NS(C)(=O)=O)n1)NC(=O)CN(C(C)=O)C2. The topological polar surface area (TPSA) is 155 Å². The maximum absolute atomic E-state index is 12.3. The fourth-order valence-electron chi connectivity index (χ4n) is 4.53. The summed E-state index contributed by atoms with van der Waals surface area (Å²) in [6.07, 6.45) is 5.93. The molecule has 37 heavy (non-hydrogen) atoms. The van der Waals surface area contributed by atoms with Gasteiger partial charge in [0.15, 0.2) is 5.82 Å². The van der Waals surface area contributed by atoms with Gasteiger partial charge in [-0.25, -0.2) is 18.1 Å². The molecule has 4 N–H and O–H groups in total. The highest BCUT2D eigenvalue weighted by molar-refractivity contribution is 7.88. The molecule has 0 saturated heterocycles.